The van der Waals surface area contributed by atoms with Crippen LogP contribution in [0.3, 0.4) is 0 Å². The predicted molar refractivity (Wildman–Crippen MR) is 111 cm³/mol. The highest BCUT2D eigenvalue weighted by molar-refractivity contribution is 5.89. The Hall–Kier alpha value is -3.54. The molecule has 0 amide bonds. The summed E-state index contributed by atoms with van der Waals surface area (Å²) in [5.41, 5.74) is 4.66. The fourth-order valence-corrected chi connectivity index (χ4v) is 3.38. The van der Waals surface area contributed by atoms with Crippen LogP contribution in [0.25, 0.3) is 11.3 Å². The lowest BCUT2D eigenvalue weighted by Gasteiger charge is -2.18. The molecular formula is C23H22N2O4. The van der Waals surface area contributed by atoms with Gasteiger partial charge in [0, 0.05) is 17.8 Å². The summed E-state index contributed by atoms with van der Waals surface area (Å²) in [4.78, 5) is 16.1. The van der Waals surface area contributed by atoms with E-state index in [0.29, 0.717) is 5.69 Å². The van der Waals surface area contributed by atoms with Gasteiger partial charge in [-0.05, 0) is 54.3 Å². The SMILES string of the molecule is COc1ccc(COc2ccc(-c3ccc4c(c3)NCCC4)nc2C(=O)O)cc1. The summed E-state index contributed by atoms with van der Waals surface area (Å²) in [5, 5.41) is 13.0. The number of carbonyl (C=O) groups is 1. The van der Waals surface area contributed by atoms with Gasteiger partial charge in [0.15, 0.2) is 11.4 Å². The molecule has 0 radical (unpaired) electrons. The number of carboxylic acids is 1. The molecule has 2 aromatic carbocycles. The molecule has 0 bridgehead atoms. The Labute approximate surface area is 169 Å². The second-order valence-corrected chi connectivity index (χ2v) is 6.89. The van der Waals surface area contributed by atoms with Crippen LogP contribution in [0.2, 0.25) is 0 Å². The first-order valence-corrected chi connectivity index (χ1v) is 9.51. The quantitative estimate of drug-likeness (QED) is 0.650. The zero-order chi connectivity index (χ0) is 20.2. The lowest BCUT2D eigenvalue weighted by atomic mass is 10.00. The summed E-state index contributed by atoms with van der Waals surface area (Å²) in [6.45, 7) is 1.19. The van der Waals surface area contributed by atoms with Crippen molar-refractivity contribution in [1.29, 1.82) is 0 Å². The van der Waals surface area contributed by atoms with Crippen molar-refractivity contribution in [2.24, 2.45) is 0 Å². The number of benzene rings is 2. The van der Waals surface area contributed by atoms with Crippen molar-refractivity contribution < 1.29 is 19.4 Å². The third kappa shape index (κ3) is 4.16. The van der Waals surface area contributed by atoms with Crippen molar-refractivity contribution >= 4 is 11.7 Å². The predicted octanol–water partition coefficient (Wildman–Crippen LogP) is 4.39. The maximum Gasteiger partial charge on any atom is 0.358 e. The number of nitrogens with zero attached hydrogens (tertiary/aromatic N) is 1. The number of anilines is 1. The molecule has 0 aliphatic carbocycles. The number of ether oxygens (including phenoxy) is 2. The molecule has 1 aliphatic heterocycles. The zero-order valence-corrected chi connectivity index (χ0v) is 16.1. The number of methoxy groups -OCH3 is 1. The average Bonchev–Trinajstić information content (AvgIpc) is 2.77. The Morgan fingerprint density at radius 2 is 1.97 bits per heavy atom. The number of rotatable bonds is 6. The molecule has 1 aromatic heterocycles. The van der Waals surface area contributed by atoms with E-state index in [0.717, 1.165) is 42.0 Å². The van der Waals surface area contributed by atoms with Gasteiger partial charge in [-0.25, -0.2) is 9.78 Å². The van der Waals surface area contributed by atoms with Crippen LogP contribution in [-0.4, -0.2) is 29.7 Å². The van der Waals surface area contributed by atoms with Gasteiger partial charge in [0.05, 0.1) is 12.8 Å². The molecule has 0 spiro atoms. The Morgan fingerprint density at radius 3 is 2.72 bits per heavy atom. The van der Waals surface area contributed by atoms with E-state index in [1.807, 2.05) is 36.4 Å². The van der Waals surface area contributed by atoms with Gasteiger partial charge >= 0.3 is 5.97 Å². The summed E-state index contributed by atoms with van der Waals surface area (Å²) in [6, 6.07) is 17.0. The molecule has 6 heteroatoms. The highest BCUT2D eigenvalue weighted by Gasteiger charge is 2.17. The van der Waals surface area contributed by atoms with Gasteiger partial charge in [-0.1, -0.05) is 24.3 Å². The summed E-state index contributed by atoms with van der Waals surface area (Å²) < 4.78 is 10.9. The third-order valence-corrected chi connectivity index (χ3v) is 4.96. The summed E-state index contributed by atoms with van der Waals surface area (Å²) in [5.74, 6) is -0.119. The number of hydrogen-bond donors (Lipinski definition) is 2. The monoisotopic (exact) mass is 390 g/mol. The van der Waals surface area contributed by atoms with Crippen molar-refractivity contribution in [3.63, 3.8) is 0 Å². The zero-order valence-electron chi connectivity index (χ0n) is 16.1. The summed E-state index contributed by atoms with van der Waals surface area (Å²) in [6.07, 6.45) is 2.17. The molecule has 3 aromatic rings. The van der Waals surface area contributed by atoms with Crippen LogP contribution in [0.15, 0.2) is 54.6 Å². The minimum atomic E-state index is -1.12. The molecule has 0 saturated heterocycles. The first-order chi connectivity index (χ1) is 14.1. The summed E-state index contributed by atoms with van der Waals surface area (Å²) in [7, 11) is 1.61. The number of nitrogens with one attached hydrogen (secondary N) is 1. The van der Waals surface area contributed by atoms with E-state index in [2.05, 4.69) is 16.4 Å². The highest BCUT2D eigenvalue weighted by Crippen LogP contribution is 2.30. The lowest BCUT2D eigenvalue weighted by Crippen LogP contribution is -2.11. The Kier molecular flexibility index (Phi) is 5.33. The topological polar surface area (TPSA) is 80.7 Å². The van der Waals surface area contributed by atoms with E-state index >= 15 is 0 Å². The van der Waals surface area contributed by atoms with Gasteiger partial charge in [0.2, 0.25) is 0 Å². The van der Waals surface area contributed by atoms with Crippen LogP contribution in [0.5, 0.6) is 11.5 Å². The van der Waals surface area contributed by atoms with Crippen molar-refractivity contribution in [2.45, 2.75) is 19.4 Å². The Balaban J connectivity index is 1.57. The minimum Gasteiger partial charge on any atom is -0.497 e. The fourth-order valence-electron chi connectivity index (χ4n) is 3.38. The number of fused-ring (bicyclic) bond motifs is 1. The molecule has 6 nitrogen and oxygen atoms in total. The van der Waals surface area contributed by atoms with E-state index in [4.69, 9.17) is 9.47 Å². The number of hydrogen-bond acceptors (Lipinski definition) is 5. The second kappa shape index (κ2) is 8.22. The van der Waals surface area contributed by atoms with Crippen LogP contribution in [0, 0.1) is 0 Å². The molecule has 0 atom stereocenters. The Morgan fingerprint density at radius 1 is 1.14 bits per heavy atom. The molecule has 29 heavy (non-hydrogen) atoms. The normalized spacial score (nSPS) is 12.6. The van der Waals surface area contributed by atoms with Crippen molar-refractivity contribution in [3.8, 4) is 22.8 Å². The highest BCUT2D eigenvalue weighted by atomic mass is 16.5. The molecule has 4 rings (SSSR count). The van der Waals surface area contributed by atoms with Gasteiger partial charge in [0.25, 0.3) is 0 Å². The van der Waals surface area contributed by atoms with Crippen molar-refractivity contribution in [3.05, 3.63) is 71.4 Å². The van der Waals surface area contributed by atoms with E-state index in [9.17, 15) is 9.90 Å². The van der Waals surface area contributed by atoms with Crippen LogP contribution >= 0.6 is 0 Å². The fraction of sp³-hybridized carbons (Fsp3) is 0.217. The molecule has 148 valence electrons. The maximum atomic E-state index is 11.8. The number of carboxylic acid groups (broad SMARTS) is 1. The molecule has 0 unspecified atom stereocenters. The van der Waals surface area contributed by atoms with Crippen molar-refractivity contribution in [2.75, 3.05) is 19.0 Å². The van der Waals surface area contributed by atoms with E-state index in [1.165, 1.54) is 5.56 Å². The van der Waals surface area contributed by atoms with Gasteiger partial charge in [-0.3, -0.25) is 0 Å². The third-order valence-electron chi connectivity index (χ3n) is 4.96. The first kappa shape index (κ1) is 18.8. The van der Waals surface area contributed by atoms with E-state index in [-0.39, 0.29) is 18.1 Å². The summed E-state index contributed by atoms with van der Waals surface area (Å²) >= 11 is 0. The lowest BCUT2D eigenvalue weighted by molar-refractivity contribution is 0.0685. The van der Waals surface area contributed by atoms with Crippen LogP contribution in [0.1, 0.15) is 28.0 Å². The molecule has 0 fully saturated rings. The van der Waals surface area contributed by atoms with Gasteiger partial charge < -0.3 is 19.9 Å². The standard InChI is InChI=1S/C23H22N2O4/c1-28-18-8-4-15(5-9-18)14-29-21-11-10-19(25-22(21)23(26)27)17-7-6-16-3-2-12-24-20(16)13-17/h4-11,13,24H,2-3,12,14H2,1H3,(H,26,27). The van der Waals surface area contributed by atoms with E-state index < -0.39 is 5.97 Å². The van der Waals surface area contributed by atoms with E-state index in [1.54, 1.807) is 19.2 Å². The Bertz CT molecular complexity index is 1030. The van der Waals surface area contributed by atoms with Gasteiger partial charge in [0.1, 0.15) is 12.4 Å². The second-order valence-electron chi connectivity index (χ2n) is 6.89. The molecule has 2 heterocycles. The molecule has 1 aliphatic rings. The van der Waals surface area contributed by atoms with Gasteiger partial charge in [-0.2, -0.15) is 0 Å². The number of aromatic carboxylic acids is 1. The van der Waals surface area contributed by atoms with Gasteiger partial charge in [-0.15, -0.1) is 0 Å². The largest absolute Gasteiger partial charge is 0.497 e. The first-order valence-electron chi connectivity index (χ1n) is 9.51. The number of pyridine rings is 1. The number of aromatic nitrogens is 1. The van der Waals surface area contributed by atoms with Crippen molar-refractivity contribution in [1.82, 2.24) is 4.98 Å². The molecular weight excluding hydrogens is 368 g/mol. The maximum absolute atomic E-state index is 11.8. The van der Waals surface area contributed by atoms with Crippen LogP contribution in [0.4, 0.5) is 5.69 Å². The van der Waals surface area contributed by atoms with Crippen LogP contribution < -0.4 is 14.8 Å². The molecule has 0 saturated carbocycles. The average molecular weight is 390 g/mol. The molecule has 2 N–H and O–H groups in total. The number of aryl methyl sites for hydroxylation is 1. The smallest absolute Gasteiger partial charge is 0.358 e. The minimum absolute atomic E-state index is 0.0957. The van der Waals surface area contributed by atoms with Crippen LogP contribution in [-0.2, 0) is 13.0 Å².